The number of carbonyl (C=O) groups is 2. The highest BCUT2D eigenvalue weighted by molar-refractivity contribution is 5.95. The molecule has 0 saturated carbocycles. The Morgan fingerprint density at radius 1 is 1.12 bits per heavy atom. The van der Waals surface area contributed by atoms with Gasteiger partial charge in [-0.2, -0.15) is 4.98 Å². The van der Waals surface area contributed by atoms with Gasteiger partial charge in [0, 0.05) is 44.6 Å². The van der Waals surface area contributed by atoms with Crippen molar-refractivity contribution >= 4 is 11.8 Å². The van der Waals surface area contributed by atoms with E-state index in [1.807, 2.05) is 12.1 Å². The zero-order valence-electron chi connectivity index (χ0n) is 23.4. The van der Waals surface area contributed by atoms with Crippen LogP contribution in [0.2, 0.25) is 0 Å². The Labute approximate surface area is 242 Å². The van der Waals surface area contributed by atoms with E-state index < -0.39 is 17.8 Å². The van der Waals surface area contributed by atoms with E-state index in [0.29, 0.717) is 37.8 Å². The van der Waals surface area contributed by atoms with Crippen molar-refractivity contribution < 1.29 is 27.7 Å². The van der Waals surface area contributed by atoms with Crippen LogP contribution in [0.4, 0.5) is 4.39 Å². The molecule has 3 aromatic heterocycles. The van der Waals surface area contributed by atoms with Gasteiger partial charge in [0.15, 0.2) is 5.76 Å². The fourth-order valence-corrected chi connectivity index (χ4v) is 4.78. The quantitative estimate of drug-likeness (QED) is 0.267. The molecule has 1 N–H and O–H groups in total. The average molecular weight is 577 g/mol. The number of benzene rings is 1. The summed E-state index contributed by atoms with van der Waals surface area (Å²) < 4.78 is 31.0. The number of amides is 2. The van der Waals surface area contributed by atoms with Crippen molar-refractivity contribution in [2.45, 2.75) is 32.2 Å². The van der Waals surface area contributed by atoms with Crippen molar-refractivity contribution in [3.63, 3.8) is 0 Å². The SMILES string of the molecule is C[C@H](NC(=O)c1ccco1)C(=O)N1CCCN(CCCOc2ccc(-c3noc(Cc4ccncc4)n3)c(F)c2)CC1. The molecule has 11 nitrogen and oxygen atoms in total. The van der Waals surface area contributed by atoms with Gasteiger partial charge in [0.05, 0.1) is 24.9 Å². The second kappa shape index (κ2) is 13.9. The van der Waals surface area contributed by atoms with Crippen LogP contribution in [0.3, 0.4) is 0 Å². The van der Waals surface area contributed by atoms with Crippen LogP contribution in [0.1, 0.15) is 41.8 Å². The minimum Gasteiger partial charge on any atom is -0.493 e. The van der Waals surface area contributed by atoms with Crippen LogP contribution >= 0.6 is 0 Å². The Bertz CT molecular complexity index is 1460. The number of aromatic nitrogens is 3. The maximum absolute atomic E-state index is 14.8. The lowest BCUT2D eigenvalue weighted by Gasteiger charge is -2.25. The number of nitrogens with zero attached hydrogens (tertiary/aromatic N) is 5. The maximum Gasteiger partial charge on any atom is 0.287 e. The van der Waals surface area contributed by atoms with Gasteiger partial charge in [0.1, 0.15) is 17.6 Å². The fourth-order valence-electron chi connectivity index (χ4n) is 4.78. The number of rotatable bonds is 11. The monoisotopic (exact) mass is 576 g/mol. The molecule has 1 fully saturated rings. The average Bonchev–Trinajstić information content (AvgIpc) is 3.64. The minimum absolute atomic E-state index is 0.114. The van der Waals surface area contributed by atoms with Crippen molar-refractivity contribution in [3.8, 4) is 17.1 Å². The predicted octanol–water partition coefficient (Wildman–Crippen LogP) is 3.58. The first-order valence-corrected chi connectivity index (χ1v) is 14.0. The molecule has 0 unspecified atom stereocenters. The Balaban J connectivity index is 1.04. The first kappa shape index (κ1) is 28.9. The minimum atomic E-state index is -0.650. The molecule has 1 aliphatic heterocycles. The van der Waals surface area contributed by atoms with Gasteiger partial charge in [-0.15, -0.1) is 0 Å². The second-order valence-corrected chi connectivity index (χ2v) is 10.1. The molecule has 1 atom stereocenters. The topological polar surface area (TPSA) is 127 Å². The summed E-state index contributed by atoms with van der Waals surface area (Å²) in [5.41, 5.74) is 1.21. The lowest BCUT2D eigenvalue weighted by atomic mass is 10.2. The smallest absolute Gasteiger partial charge is 0.287 e. The first-order chi connectivity index (χ1) is 20.5. The van der Waals surface area contributed by atoms with Gasteiger partial charge in [0.2, 0.25) is 17.6 Å². The molecule has 42 heavy (non-hydrogen) atoms. The normalized spacial score (nSPS) is 14.8. The molecule has 0 spiro atoms. The summed E-state index contributed by atoms with van der Waals surface area (Å²) >= 11 is 0. The number of hydrogen-bond acceptors (Lipinski definition) is 9. The zero-order valence-corrected chi connectivity index (χ0v) is 23.4. The summed E-state index contributed by atoms with van der Waals surface area (Å²) in [5, 5.41) is 6.62. The summed E-state index contributed by atoms with van der Waals surface area (Å²) in [4.78, 5) is 37.5. The molecule has 1 saturated heterocycles. The van der Waals surface area contributed by atoms with Crippen molar-refractivity contribution in [1.82, 2.24) is 30.2 Å². The zero-order chi connectivity index (χ0) is 29.3. The van der Waals surface area contributed by atoms with Crippen LogP contribution in [-0.4, -0.2) is 82.1 Å². The number of carbonyl (C=O) groups excluding carboxylic acids is 2. The van der Waals surface area contributed by atoms with Crippen LogP contribution in [0.15, 0.2) is 70.1 Å². The highest BCUT2D eigenvalue weighted by Gasteiger charge is 2.25. The molecule has 4 aromatic rings. The third-order valence-corrected chi connectivity index (χ3v) is 7.00. The van der Waals surface area contributed by atoms with Gasteiger partial charge in [-0.25, -0.2) is 4.39 Å². The fraction of sp³-hybridized carbons (Fsp3) is 0.367. The van der Waals surface area contributed by atoms with Crippen molar-refractivity contribution in [2.75, 3.05) is 39.3 Å². The van der Waals surface area contributed by atoms with Gasteiger partial charge in [-0.3, -0.25) is 14.6 Å². The van der Waals surface area contributed by atoms with Crippen molar-refractivity contribution in [3.05, 3.63) is 84.2 Å². The van der Waals surface area contributed by atoms with E-state index >= 15 is 0 Å². The van der Waals surface area contributed by atoms with E-state index in [1.165, 1.54) is 12.3 Å². The van der Waals surface area contributed by atoms with E-state index in [1.54, 1.807) is 48.5 Å². The number of pyridine rings is 1. The van der Waals surface area contributed by atoms with Crippen molar-refractivity contribution in [1.29, 1.82) is 0 Å². The predicted molar refractivity (Wildman–Crippen MR) is 150 cm³/mol. The Hall–Kier alpha value is -4.58. The molecule has 2 amide bonds. The molecule has 0 bridgehead atoms. The maximum atomic E-state index is 14.8. The summed E-state index contributed by atoms with van der Waals surface area (Å²) in [6, 6.07) is 10.9. The van der Waals surface area contributed by atoms with Gasteiger partial charge in [-0.1, -0.05) is 5.16 Å². The highest BCUT2D eigenvalue weighted by atomic mass is 19.1. The molecular formula is C30H33FN6O5. The lowest BCUT2D eigenvalue weighted by Crippen LogP contribution is -2.48. The molecule has 1 aliphatic rings. The van der Waals surface area contributed by atoms with Gasteiger partial charge < -0.3 is 28.8 Å². The first-order valence-electron chi connectivity index (χ1n) is 14.0. The number of halogens is 1. The summed E-state index contributed by atoms with van der Waals surface area (Å²) in [7, 11) is 0. The number of hydrogen-bond donors (Lipinski definition) is 1. The molecular weight excluding hydrogens is 543 g/mol. The van der Waals surface area contributed by atoms with E-state index in [9.17, 15) is 14.0 Å². The van der Waals surface area contributed by atoms with E-state index in [4.69, 9.17) is 13.7 Å². The third kappa shape index (κ3) is 7.58. The molecule has 4 heterocycles. The summed E-state index contributed by atoms with van der Waals surface area (Å²) in [5.74, 6) is 0.167. The number of ether oxygens (including phenoxy) is 1. The highest BCUT2D eigenvalue weighted by Crippen LogP contribution is 2.25. The number of nitrogens with one attached hydrogen (secondary N) is 1. The van der Waals surface area contributed by atoms with Crippen LogP contribution in [0.25, 0.3) is 11.4 Å². The lowest BCUT2D eigenvalue weighted by molar-refractivity contribution is -0.132. The molecule has 12 heteroatoms. The molecule has 0 aliphatic carbocycles. The van der Waals surface area contributed by atoms with Crippen LogP contribution in [-0.2, 0) is 11.2 Å². The standard InChI is InChI=1S/C30H33FN6O5/c1-21(33-29(38)26-5-2-17-41-26)30(39)37-14-3-12-36(15-16-37)13-4-18-40-23-6-7-24(25(31)20-23)28-34-27(42-35-28)19-22-8-10-32-11-9-22/h2,5-11,17,20-21H,3-4,12-16,18-19H2,1H3,(H,33,38)/t21-/m0/s1. The van der Waals surface area contributed by atoms with Crippen LogP contribution < -0.4 is 10.1 Å². The number of furan rings is 1. The van der Waals surface area contributed by atoms with E-state index in [0.717, 1.165) is 38.0 Å². The second-order valence-electron chi connectivity index (χ2n) is 10.1. The summed E-state index contributed by atoms with van der Waals surface area (Å²) in [6.45, 7) is 5.68. The summed E-state index contributed by atoms with van der Waals surface area (Å²) in [6.07, 6.45) is 6.81. The van der Waals surface area contributed by atoms with E-state index in [2.05, 4.69) is 25.3 Å². The Kier molecular flexibility index (Phi) is 9.55. The Morgan fingerprint density at radius 3 is 2.76 bits per heavy atom. The van der Waals surface area contributed by atoms with Crippen molar-refractivity contribution in [2.24, 2.45) is 0 Å². The Morgan fingerprint density at radius 2 is 1.98 bits per heavy atom. The van der Waals surface area contributed by atoms with Gasteiger partial charge >= 0.3 is 0 Å². The van der Waals surface area contributed by atoms with Gasteiger partial charge in [0.25, 0.3) is 5.91 Å². The van der Waals surface area contributed by atoms with Crippen LogP contribution in [0.5, 0.6) is 5.75 Å². The van der Waals surface area contributed by atoms with E-state index in [-0.39, 0.29) is 23.1 Å². The van der Waals surface area contributed by atoms with Gasteiger partial charge in [-0.05, 0) is 68.3 Å². The third-order valence-electron chi connectivity index (χ3n) is 7.00. The molecule has 220 valence electrons. The molecule has 0 radical (unpaired) electrons. The largest absolute Gasteiger partial charge is 0.493 e. The van der Waals surface area contributed by atoms with Crippen LogP contribution in [0, 0.1) is 5.82 Å². The molecule has 5 rings (SSSR count). The molecule has 1 aromatic carbocycles.